The van der Waals surface area contributed by atoms with E-state index in [1.165, 1.54) is 0 Å². The Labute approximate surface area is 129 Å². The molecule has 7 N–H and O–H groups in total. The minimum atomic E-state index is -1.32. The Morgan fingerprint density at radius 3 is 1.50 bits per heavy atom. The number of nitrogen functional groups attached to an aromatic ring is 2. The smallest absolute Gasteiger partial charge is 0.329 e. The number of hydrogen-bond acceptors (Lipinski definition) is 10. The second-order valence-electron chi connectivity index (χ2n) is 3.87. The van der Waals surface area contributed by atoms with Crippen molar-refractivity contribution in [3.63, 3.8) is 0 Å². The van der Waals surface area contributed by atoms with Crippen LogP contribution in [0.4, 0.5) is 34.1 Å². The van der Waals surface area contributed by atoms with E-state index in [1.54, 1.807) is 5.32 Å². The maximum Gasteiger partial charge on any atom is 0.329 e. The number of hydrazone groups is 1. The van der Waals surface area contributed by atoms with Gasteiger partial charge in [-0.1, -0.05) is 0 Å². The Kier molecular flexibility index (Phi) is 4.59. The van der Waals surface area contributed by atoms with Gasteiger partial charge in [0.15, 0.2) is 16.4 Å². The average molecular weight is 345 g/mol. The van der Waals surface area contributed by atoms with E-state index in [2.05, 4.69) is 5.10 Å². The molecule has 128 valence electrons. The van der Waals surface area contributed by atoms with Crippen molar-refractivity contribution >= 4 is 40.1 Å². The molecular weight excluding hydrogens is 338 g/mol. The fourth-order valence-corrected chi connectivity index (χ4v) is 1.69. The van der Waals surface area contributed by atoms with Crippen molar-refractivity contribution in [2.45, 2.75) is 0 Å². The molecule has 0 unspecified atom stereocenters. The number of hydrogen-bond donors (Lipinski definition) is 4. The molecule has 0 aliphatic heterocycles. The molecule has 0 aliphatic carbocycles. The zero-order valence-corrected chi connectivity index (χ0v) is 11.2. The van der Waals surface area contributed by atoms with Gasteiger partial charge in [-0.25, -0.2) is 10.1 Å². The number of nitrogens with two attached hydrogens (primary N) is 3. The molecular formula is C7H7N9O8. The van der Waals surface area contributed by atoms with Crippen molar-refractivity contribution < 1.29 is 19.8 Å². The van der Waals surface area contributed by atoms with Crippen molar-refractivity contribution in [2.24, 2.45) is 10.8 Å². The second kappa shape index (κ2) is 6.21. The quantitative estimate of drug-likeness (QED) is 0.172. The molecule has 1 aromatic rings. The van der Waals surface area contributed by atoms with Gasteiger partial charge in [0, 0.05) is 0 Å². The molecule has 0 heterocycles. The third kappa shape index (κ3) is 3.13. The van der Waals surface area contributed by atoms with Gasteiger partial charge in [0.05, 0.1) is 14.8 Å². The third-order valence-corrected chi connectivity index (χ3v) is 2.48. The van der Waals surface area contributed by atoms with Crippen LogP contribution in [0.5, 0.6) is 0 Å². The summed E-state index contributed by atoms with van der Waals surface area (Å²) in [6, 6.07) is 0. The van der Waals surface area contributed by atoms with E-state index < -0.39 is 59.9 Å². The largest absolute Gasteiger partial charge is 0.387 e. The number of guanidine groups is 1. The molecule has 0 aliphatic rings. The summed E-state index contributed by atoms with van der Waals surface area (Å²) in [6.07, 6.45) is 0. The number of benzene rings is 1. The first kappa shape index (κ1) is 17.7. The minimum Gasteiger partial charge on any atom is -0.387 e. The molecule has 1 aromatic carbocycles. The van der Waals surface area contributed by atoms with Gasteiger partial charge < -0.3 is 22.5 Å². The van der Waals surface area contributed by atoms with E-state index >= 15 is 0 Å². The van der Waals surface area contributed by atoms with Gasteiger partial charge in [-0.05, 0) is 0 Å². The standard InChI is InChI=1S/C7H7N9O8/c8-1-4(13(17)18)2(9)6(15(21)22)3(5(1)14(19)20)11-7(10)12-16(23)24/h8-9H2,(H3,10,11,12). The molecule has 0 amide bonds. The molecule has 0 saturated heterocycles. The summed E-state index contributed by atoms with van der Waals surface area (Å²) in [7, 11) is 0. The van der Waals surface area contributed by atoms with Crippen molar-refractivity contribution in [1.29, 1.82) is 0 Å². The van der Waals surface area contributed by atoms with E-state index in [1.807, 2.05) is 0 Å². The number of nitrogens with one attached hydrogen (secondary N) is 1. The maximum atomic E-state index is 11.1. The molecule has 0 bridgehead atoms. The van der Waals surface area contributed by atoms with E-state index in [9.17, 15) is 40.5 Å². The first-order valence-electron chi connectivity index (χ1n) is 5.42. The molecule has 0 radical (unpaired) electrons. The number of nitro groups is 4. The Morgan fingerprint density at radius 2 is 1.21 bits per heavy atom. The second-order valence-corrected chi connectivity index (χ2v) is 3.87. The summed E-state index contributed by atoms with van der Waals surface area (Å²) in [6.45, 7) is 0. The van der Waals surface area contributed by atoms with E-state index in [0.717, 1.165) is 0 Å². The third-order valence-electron chi connectivity index (χ3n) is 2.48. The molecule has 0 fully saturated rings. The maximum absolute atomic E-state index is 11.1. The van der Waals surface area contributed by atoms with Crippen LogP contribution in [0.1, 0.15) is 0 Å². The Morgan fingerprint density at radius 1 is 0.833 bits per heavy atom. The van der Waals surface area contributed by atoms with Crippen LogP contribution >= 0.6 is 0 Å². The summed E-state index contributed by atoms with van der Waals surface area (Å²) < 4.78 is 0. The normalized spacial score (nSPS) is 10.9. The monoisotopic (exact) mass is 345 g/mol. The molecule has 17 heteroatoms. The summed E-state index contributed by atoms with van der Waals surface area (Å²) in [5.74, 6) is -1.08. The molecule has 1 rings (SSSR count). The fraction of sp³-hybridized carbons (Fsp3) is 0. The van der Waals surface area contributed by atoms with Gasteiger partial charge in [0.2, 0.25) is 5.69 Å². The summed E-state index contributed by atoms with van der Waals surface area (Å²) in [5, 5.41) is 46.3. The first-order chi connectivity index (χ1) is 11.0. The number of nitro benzene ring substituents is 3. The van der Waals surface area contributed by atoms with Crippen molar-refractivity contribution in [1.82, 2.24) is 0 Å². The molecule has 0 saturated carbocycles. The highest BCUT2D eigenvalue weighted by molar-refractivity contribution is 6.05. The summed E-state index contributed by atoms with van der Waals surface area (Å²) in [4.78, 5) is 39.5. The van der Waals surface area contributed by atoms with Crippen LogP contribution in [0.25, 0.3) is 0 Å². The van der Waals surface area contributed by atoms with Gasteiger partial charge >= 0.3 is 17.1 Å². The highest BCUT2D eigenvalue weighted by atomic mass is 16.7. The Bertz CT molecular complexity index is 761. The summed E-state index contributed by atoms with van der Waals surface area (Å²) in [5.41, 5.74) is 8.47. The lowest BCUT2D eigenvalue weighted by Crippen LogP contribution is -2.25. The predicted molar refractivity (Wildman–Crippen MR) is 77.5 cm³/mol. The molecule has 0 aromatic heterocycles. The average Bonchev–Trinajstić information content (AvgIpc) is 2.35. The lowest BCUT2D eigenvalue weighted by molar-refractivity contribution is -0.485. The predicted octanol–water partition coefficient (Wildman–Crippen LogP) is -0.506. The van der Waals surface area contributed by atoms with Crippen molar-refractivity contribution in [2.75, 3.05) is 16.8 Å². The van der Waals surface area contributed by atoms with Crippen LogP contribution < -0.4 is 22.5 Å². The molecule has 0 atom stereocenters. The van der Waals surface area contributed by atoms with E-state index in [4.69, 9.17) is 17.2 Å². The van der Waals surface area contributed by atoms with Gasteiger partial charge in [0.25, 0.3) is 5.96 Å². The van der Waals surface area contributed by atoms with Crippen LogP contribution in [-0.2, 0) is 0 Å². The number of nitrogens with zero attached hydrogens (tertiary/aromatic N) is 5. The Balaban J connectivity index is 3.91. The van der Waals surface area contributed by atoms with Crippen LogP contribution in [0.15, 0.2) is 5.10 Å². The van der Waals surface area contributed by atoms with Crippen LogP contribution in [-0.4, -0.2) is 25.8 Å². The van der Waals surface area contributed by atoms with Crippen LogP contribution in [0.3, 0.4) is 0 Å². The topological polar surface area (TPSA) is 275 Å². The summed E-state index contributed by atoms with van der Waals surface area (Å²) >= 11 is 0. The highest BCUT2D eigenvalue weighted by Crippen LogP contribution is 2.49. The minimum absolute atomic E-state index is 1.08. The molecule has 17 nitrogen and oxygen atoms in total. The Hall–Kier alpha value is -4.31. The van der Waals surface area contributed by atoms with E-state index in [0.29, 0.717) is 0 Å². The van der Waals surface area contributed by atoms with Crippen molar-refractivity contribution in [3.8, 4) is 0 Å². The van der Waals surface area contributed by atoms with Crippen molar-refractivity contribution in [3.05, 3.63) is 40.5 Å². The first-order valence-corrected chi connectivity index (χ1v) is 5.42. The van der Waals surface area contributed by atoms with Crippen LogP contribution in [0.2, 0.25) is 0 Å². The lowest BCUT2D eigenvalue weighted by Gasteiger charge is -2.10. The lowest BCUT2D eigenvalue weighted by atomic mass is 10.1. The van der Waals surface area contributed by atoms with Gasteiger partial charge in [-0.2, -0.15) is 0 Å². The van der Waals surface area contributed by atoms with Crippen LogP contribution in [0, 0.1) is 40.5 Å². The number of anilines is 3. The SMILES string of the molecule is NC(=N[N+](=O)[O-])Nc1c([N+](=O)[O-])c(N)c([N+](=O)[O-])c(N)c1[N+](=O)[O-]. The zero-order chi connectivity index (χ0) is 18.8. The van der Waals surface area contributed by atoms with Gasteiger partial charge in [-0.15, -0.1) is 0 Å². The molecule has 24 heavy (non-hydrogen) atoms. The number of rotatable bonds is 5. The van der Waals surface area contributed by atoms with Gasteiger partial charge in [-0.3, -0.25) is 30.3 Å². The van der Waals surface area contributed by atoms with E-state index in [-0.39, 0.29) is 0 Å². The molecule has 0 spiro atoms. The highest BCUT2D eigenvalue weighted by Gasteiger charge is 2.40. The fourth-order valence-electron chi connectivity index (χ4n) is 1.69. The zero-order valence-electron chi connectivity index (χ0n) is 11.2. The van der Waals surface area contributed by atoms with Gasteiger partial charge in [0.1, 0.15) is 5.10 Å².